The van der Waals surface area contributed by atoms with Crippen molar-refractivity contribution in [2.24, 2.45) is 0 Å². The molecule has 1 saturated carbocycles. The van der Waals surface area contributed by atoms with E-state index in [1.807, 2.05) is 4.90 Å². The third-order valence-corrected chi connectivity index (χ3v) is 7.98. The van der Waals surface area contributed by atoms with Gasteiger partial charge in [-0.1, -0.05) is 31.4 Å². The van der Waals surface area contributed by atoms with Gasteiger partial charge in [0.1, 0.15) is 16.3 Å². The van der Waals surface area contributed by atoms with E-state index < -0.39 is 21.4 Å². The predicted octanol–water partition coefficient (Wildman–Crippen LogP) is 1.82. The van der Waals surface area contributed by atoms with Gasteiger partial charge in [0, 0.05) is 33.2 Å². The van der Waals surface area contributed by atoms with Crippen LogP contribution < -0.4 is 0 Å². The molecule has 2 fully saturated rings. The first-order chi connectivity index (χ1) is 13.8. The van der Waals surface area contributed by atoms with Crippen molar-refractivity contribution in [3.8, 4) is 6.07 Å². The molecule has 1 aromatic carbocycles. The fourth-order valence-corrected chi connectivity index (χ4v) is 5.60. The summed E-state index contributed by atoms with van der Waals surface area (Å²) in [6, 6.07) is 7.70. The first-order valence-electron chi connectivity index (χ1n) is 9.95. The second kappa shape index (κ2) is 8.78. The minimum Gasteiger partial charge on any atom is -0.326 e. The van der Waals surface area contributed by atoms with E-state index in [0.717, 1.165) is 25.3 Å². The number of amides is 1. The van der Waals surface area contributed by atoms with Gasteiger partial charge in [0.2, 0.25) is 15.9 Å². The molecule has 0 radical (unpaired) electrons. The van der Waals surface area contributed by atoms with Crippen LogP contribution in [0, 0.1) is 17.1 Å². The van der Waals surface area contributed by atoms with Gasteiger partial charge in [-0.2, -0.15) is 9.57 Å². The summed E-state index contributed by atoms with van der Waals surface area (Å²) < 4.78 is 40.6. The highest BCUT2D eigenvalue weighted by atomic mass is 32.2. The van der Waals surface area contributed by atoms with Crippen molar-refractivity contribution in [1.29, 1.82) is 5.26 Å². The first-order valence-corrected chi connectivity index (χ1v) is 11.4. The van der Waals surface area contributed by atoms with Crippen molar-refractivity contribution in [2.45, 2.75) is 42.5 Å². The third-order valence-electron chi connectivity index (χ3n) is 6.05. The number of nitrogens with zero attached hydrogens (tertiary/aromatic N) is 4. The van der Waals surface area contributed by atoms with Gasteiger partial charge in [-0.15, -0.1) is 0 Å². The Bertz CT molecular complexity index is 885. The molecule has 0 unspecified atom stereocenters. The van der Waals surface area contributed by atoms with E-state index in [1.54, 1.807) is 11.9 Å². The summed E-state index contributed by atoms with van der Waals surface area (Å²) in [5.41, 5.74) is -0.731. The number of nitriles is 1. The van der Waals surface area contributed by atoms with Crippen LogP contribution in [0.4, 0.5) is 4.39 Å². The first kappa shape index (κ1) is 21.7. The van der Waals surface area contributed by atoms with Crippen molar-refractivity contribution in [3.63, 3.8) is 0 Å². The number of carbonyl (C=O) groups is 1. The number of sulfonamides is 1. The number of hydrogen-bond acceptors (Lipinski definition) is 5. The zero-order chi connectivity index (χ0) is 21.1. The maximum atomic E-state index is 13.9. The minimum atomic E-state index is -3.90. The van der Waals surface area contributed by atoms with Gasteiger partial charge in [-0.05, 0) is 25.0 Å². The van der Waals surface area contributed by atoms with E-state index in [4.69, 9.17) is 0 Å². The molecule has 7 nitrogen and oxygen atoms in total. The molecule has 0 aromatic heterocycles. The Balaban J connectivity index is 1.59. The van der Waals surface area contributed by atoms with Crippen molar-refractivity contribution in [1.82, 2.24) is 14.1 Å². The average Bonchev–Trinajstić information content (AvgIpc) is 2.74. The Hall–Kier alpha value is -2.02. The molecule has 2 aliphatic rings. The molecule has 9 heteroatoms. The number of likely N-dealkylation sites (N-methyl/N-ethyl adjacent to an activating group) is 1. The molecular weight excluding hydrogens is 395 g/mol. The Labute approximate surface area is 171 Å². The molecule has 1 aliphatic heterocycles. The van der Waals surface area contributed by atoms with Crippen LogP contribution in [0.25, 0.3) is 0 Å². The quantitative estimate of drug-likeness (QED) is 0.723. The molecule has 3 rings (SSSR count). The van der Waals surface area contributed by atoms with Gasteiger partial charge >= 0.3 is 0 Å². The second-order valence-electron chi connectivity index (χ2n) is 7.77. The lowest BCUT2D eigenvalue weighted by atomic mass is 9.81. The summed E-state index contributed by atoms with van der Waals surface area (Å²) in [7, 11) is -2.21. The number of piperazine rings is 1. The van der Waals surface area contributed by atoms with Crippen LogP contribution in [0.2, 0.25) is 0 Å². The normalized spacial score (nSPS) is 20.7. The molecule has 0 N–H and O–H groups in total. The van der Waals surface area contributed by atoms with Gasteiger partial charge in [0.25, 0.3) is 0 Å². The molecule has 0 spiro atoms. The smallest absolute Gasteiger partial charge is 0.246 e. The van der Waals surface area contributed by atoms with Crippen LogP contribution >= 0.6 is 0 Å². The summed E-state index contributed by atoms with van der Waals surface area (Å²) in [4.78, 5) is 15.9. The zero-order valence-electron chi connectivity index (χ0n) is 16.7. The number of halogens is 1. The number of rotatable bonds is 5. The topological polar surface area (TPSA) is 84.7 Å². The van der Waals surface area contributed by atoms with E-state index >= 15 is 0 Å². The van der Waals surface area contributed by atoms with Crippen molar-refractivity contribution >= 4 is 15.9 Å². The van der Waals surface area contributed by atoms with Crippen molar-refractivity contribution in [3.05, 3.63) is 30.1 Å². The van der Waals surface area contributed by atoms with Crippen LogP contribution in [0.3, 0.4) is 0 Å². The molecule has 158 valence electrons. The predicted molar refractivity (Wildman–Crippen MR) is 106 cm³/mol. The van der Waals surface area contributed by atoms with E-state index in [9.17, 15) is 22.9 Å². The SMILES string of the molecule is CN(C(=O)CN1CCN(S(=O)(=O)c2ccccc2F)CC1)C1(C#N)CCCCC1. The molecule has 1 heterocycles. The van der Waals surface area contributed by atoms with Gasteiger partial charge in [0.15, 0.2) is 0 Å². The van der Waals surface area contributed by atoms with E-state index in [-0.39, 0.29) is 30.4 Å². The van der Waals surface area contributed by atoms with Gasteiger partial charge in [-0.3, -0.25) is 9.69 Å². The van der Waals surface area contributed by atoms with Gasteiger partial charge in [0.05, 0.1) is 12.6 Å². The number of benzene rings is 1. The standard InChI is InChI=1S/C20H27FN4O3S/c1-23(20(16-22)9-5-2-6-10-20)19(26)15-24-11-13-25(14-12-24)29(27,28)18-8-4-3-7-17(18)21/h3-4,7-8H,2,5-6,9-15H2,1H3. The zero-order valence-corrected chi connectivity index (χ0v) is 17.5. The van der Waals surface area contributed by atoms with E-state index in [0.29, 0.717) is 25.9 Å². The van der Waals surface area contributed by atoms with Crippen LogP contribution in [0.1, 0.15) is 32.1 Å². The maximum Gasteiger partial charge on any atom is 0.246 e. The Morgan fingerprint density at radius 3 is 2.38 bits per heavy atom. The molecule has 1 amide bonds. The summed E-state index contributed by atoms with van der Waals surface area (Å²) in [6.45, 7) is 1.29. The lowest BCUT2D eigenvalue weighted by Gasteiger charge is -2.40. The fourth-order valence-electron chi connectivity index (χ4n) is 4.12. The molecule has 29 heavy (non-hydrogen) atoms. The monoisotopic (exact) mass is 422 g/mol. The Morgan fingerprint density at radius 2 is 1.79 bits per heavy atom. The molecule has 1 saturated heterocycles. The summed E-state index contributed by atoms with van der Waals surface area (Å²) in [5, 5.41) is 9.66. The van der Waals surface area contributed by atoms with Crippen LogP contribution in [-0.2, 0) is 14.8 Å². The lowest BCUT2D eigenvalue weighted by Crippen LogP contribution is -2.55. The minimum absolute atomic E-state index is 0.126. The highest BCUT2D eigenvalue weighted by Crippen LogP contribution is 2.32. The molecule has 1 aromatic rings. The lowest BCUT2D eigenvalue weighted by molar-refractivity contribution is -0.136. The maximum absolute atomic E-state index is 13.9. The molecule has 0 bridgehead atoms. The van der Waals surface area contributed by atoms with Crippen molar-refractivity contribution < 1.29 is 17.6 Å². The van der Waals surface area contributed by atoms with E-state index in [2.05, 4.69) is 6.07 Å². The number of hydrogen-bond donors (Lipinski definition) is 0. The third kappa shape index (κ3) is 4.44. The van der Waals surface area contributed by atoms with Crippen molar-refractivity contribution in [2.75, 3.05) is 39.8 Å². The Morgan fingerprint density at radius 1 is 1.17 bits per heavy atom. The number of carbonyl (C=O) groups excluding carboxylic acids is 1. The van der Waals surface area contributed by atoms with E-state index in [1.165, 1.54) is 22.5 Å². The average molecular weight is 423 g/mol. The van der Waals surface area contributed by atoms with Gasteiger partial charge in [-0.25, -0.2) is 12.8 Å². The largest absolute Gasteiger partial charge is 0.326 e. The highest BCUT2D eigenvalue weighted by molar-refractivity contribution is 7.89. The highest BCUT2D eigenvalue weighted by Gasteiger charge is 2.39. The summed E-state index contributed by atoms with van der Waals surface area (Å²) >= 11 is 0. The van der Waals surface area contributed by atoms with Gasteiger partial charge < -0.3 is 4.90 Å². The fraction of sp³-hybridized carbons (Fsp3) is 0.600. The molecule has 0 atom stereocenters. The van der Waals surface area contributed by atoms with Crippen LogP contribution in [0.15, 0.2) is 29.2 Å². The van der Waals surface area contributed by atoms with Crippen LogP contribution in [0.5, 0.6) is 0 Å². The van der Waals surface area contributed by atoms with Crippen LogP contribution in [-0.4, -0.2) is 73.7 Å². The Kier molecular flexibility index (Phi) is 6.56. The second-order valence-corrected chi connectivity index (χ2v) is 9.67. The summed E-state index contributed by atoms with van der Waals surface area (Å²) in [6.07, 6.45) is 4.36. The molecular formula is C20H27FN4O3S. The molecule has 1 aliphatic carbocycles. The summed E-state index contributed by atoms with van der Waals surface area (Å²) in [5.74, 6) is -0.889.